The van der Waals surface area contributed by atoms with Crippen molar-refractivity contribution in [2.24, 2.45) is 0 Å². The maximum atomic E-state index is 5.68. The van der Waals surface area contributed by atoms with E-state index in [2.05, 4.69) is 41.9 Å². The number of aryl methyl sites for hydroxylation is 3. The van der Waals surface area contributed by atoms with Gasteiger partial charge in [-0.3, -0.25) is 4.68 Å². The third-order valence-electron chi connectivity index (χ3n) is 3.56. The second-order valence-corrected chi connectivity index (χ2v) is 5.27. The smallest absolute Gasteiger partial charge is 0.123 e. The largest absolute Gasteiger partial charge is 0.467 e. The van der Waals surface area contributed by atoms with Crippen LogP contribution in [0.25, 0.3) is 0 Å². The van der Waals surface area contributed by atoms with Crippen molar-refractivity contribution in [1.29, 1.82) is 0 Å². The lowest BCUT2D eigenvalue weighted by molar-refractivity contribution is 0.400. The molecule has 2 aromatic rings. The number of nitrogens with zero attached hydrogens (tertiary/aromatic N) is 2. The maximum Gasteiger partial charge on any atom is 0.123 e. The molecule has 0 aliphatic rings. The van der Waals surface area contributed by atoms with Gasteiger partial charge in [-0.05, 0) is 51.4 Å². The van der Waals surface area contributed by atoms with Crippen LogP contribution in [0.5, 0.6) is 0 Å². The zero-order valence-corrected chi connectivity index (χ0v) is 12.9. The molecule has 2 heterocycles. The van der Waals surface area contributed by atoms with Crippen molar-refractivity contribution >= 4 is 0 Å². The lowest BCUT2D eigenvalue weighted by Gasteiger charge is -2.18. The van der Waals surface area contributed by atoms with Gasteiger partial charge in [0.15, 0.2) is 0 Å². The van der Waals surface area contributed by atoms with Crippen LogP contribution < -0.4 is 5.32 Å². The summed E-state index contributed by atoms with van der Waals surface area (Å²) >= 11 is 0. The average molecular weight is 275 g/mol. The number of nitrogens with one attached hydrogen (secondary N) is 1. The molecule has 2 rings (SSSR count). The second-order valence-electron chi connectivity index (χ2n) is 5.27. The lowest BCUT2D eigenvalue weighted by atomic mass is 10.1. The van der Waals surface area contributed by atoms with Crippen molar-refractivity contribution in [1.82, 2.24) is 15.1 Å². The number of hydrogen-bond donors (Lipinski definition) is 1. The van der Waals surface area contributed by atoms with E-state index in [0.717, 1.165) is 37.4 Å². The first kappa shape index (κ1) is 14.9. The monoisotopic (exact) mass is 275 g/mol. The van der Waals surface area contributed by atoms with Gasteiger partial charge in [0.25, 0.3) is 0 Å². The SMILES string of the molecule is CCCNC(Cc1cc(C)nn1CC)c1occc1C. The summed E-state index contributed by atoms with van der Waals surface area (Å²) in [7, 11) is 0. The Morgan fingerprint density at radius 2 is 2.15 bits per heavy atom. The summed E-state index contributed by atoms with van der Waals surface area (Å²) in [5.74, 6) is 1.04. The molecule has 0 aliphatic heterocycles. The first-order valence-corrected chi connectivity index (χ1v) is 7.46. The van der Waals surface area contributed by atoms with Crippen molar-refractivity contribution in [3.63, 3.8) is 0 Å². The molecule has 4 nitrogen and oxygen atoms in total. The number of rotatable bonds is 7. The highest BCUT2D eigenvalue weighted by Crippen LogP contribution is 2.23. The Morgan fingerprint density at radius 3 is 2.75 bits per heavy atom. The van der Waals surface area contributed by atoms with Gasteiger partial charge in [0, 0.05) is 18.7 Å². The Kier molecular flexibility index (Phi) is 5.01. The van der Waals surface area contributed by atoms with Crippen LogP contribution >= 0.6 is 0 Å². The summed E-state index contributed by atoms with van der Waals surface area (Å²) in [5.41, 5.74) is 3.54. The van der Waals surface area contributed by atoms with E-state index in [4.69, 9.17) is 4.42 Å². The molecule has 2 aromatic heterocycles. The standard InChI is InChI=1S/C16H25N3O/c1-5-8-17-15(16-12(3)7-9-20-16)11-14-10-13(4)18-19(14)6-2/h7,9-10,15,17H,5-6,8,11H2,1-4H3. The fraction of sp³-hybridized carbons (Fsp3) is 0.562. The molecule has 0 spiro atoms. The van der Waals surface area contributed by atoms with Gasteiger partial charge in [-0.2, -0.15) is 5.10 Å². The summed E-state index contributed by atoms with van der Waals surface area (Å²) in [4.78, 5) is 0. The molecule has 0 saturated carbocycles. The molecule has 1 N–H and O–H groups in total. The van der Waals surface area contributed by atoms with Crippen molar-refractivity contribution in [2.45, 2.75) is 53.1 Å². The number of aromatic nitrogens is 2. The topological polar surface area (TPSA) is 43.0 Å². The number of furan rings is 1. The third kappa shape index (κ3) is 3.31. The molecule has 0 fully saturated rings. The minimum Gasteiger partial charge on any atom is -0.467 e. The molecule has 0 saturated heterocycles. The van der Waals surface area contributed by atoms with Gasteiger partial charge in [0.1, 0.15) is 5.76 Å². The fourth-order valence-corrected chi connectivity index (χ4v) is 2.56. The van der Waals surface area contributed by atoms with Gasteiger partial charge < -0.3 is 9.73 Å². The van der Waals surface area contributed by atoms with Crippen LogP contribution in [-0.2, 0) is 13.0 Å². The Hall–Kier alpha value is -1.55. The van der Waals surface area contributed by atoms with Gasteiger partial charge in [-0.15, -0.1) is 0 Å². The van der Waals surface area contributed by atoms with E-state index in [1.807, 2.05) is 13.0 Å². The summed E-state index contributed by atoms with van der Waals surface area (Å²) in [5, 5.41) is 8.11. The minimum absolute atomic E-state index is 0.214. The molecule has 110 valence electrons. The molecular weight excluding hydrogens is 250 g/mol. The van der Waals surface area contributed by atoms with Gasteiger partial charge in [0.2, 0.25) is 0 Å². The van der Waals surface area contributed by atoms with Crippen LogP contribution in [0.15, 0.2) is 22.8 Å². The molecule has 0 bridgehead atoms. The van der Waals surface area contributed by atoms with E-state index in [-0.39, 0.29) is 6.04 Å². The van der Waals surface area contributed by atoms with E-state index in [9.17, 15) is 0 Å². The minimum atomic E-state index is 0.214. The van der Waals surface area contributed by atoms with Crippen LogP contribution in [0.2, 0.25) is 0 Å². The normalized spacial score (nSPS) is 12.8. The van der Waals surface area contributed by atoms with Gasteiger partial charge in [-0.25, -0.2) is 0 Å². The Morgan fingerprint density at radius 1 is 1.35 bits per heavy atom. The van der Waals surface area contributed by atoms with Crippen LogP contribution in [0.4, 0.5) is 0 Å². The van der Waals surface area contributed by atoms with Gasteiger partial charge in [-0.1, -0.05) is 6.92 Å². The molecule has 4 heteroatoms. The van der Waals surface area contributed by atoms with Crippen molar-refractivity contribution in [3.8, 4) is 0 Å². The highest BCUT2D eigenvalue weighted by Gasteiger charge is 2.19. The first-order chi connectivity index (χ1) is 9.65. The summed E-state index contributed by atoms with van der Waals surface area (Å²) < 4.78 is 7.76. The predicted octanol–water partition coefficient (Wildman–Crippen LogP) is 3.40. The average Bonchev–Trinajstić information content (AvgIpc) is 3.00. The molecule has 20 heavy (non-hydrogen) atoms. The third-order valence-corrected chi connectivity index (χ3v) is 3.56. The molecule has 1 unspecified atom stereocenters. The quantitative estimate of drug-likeness (QED) is 0.842. The van der Waals surface area contributed by atoms with E-state index in [1.165, 1.54) is 11.3 Å². The maximum absolute atomic E-state index is 5.68. The van der Waals surface area contributed by atoms with Crippen molar-refractivity contribution in [2.75, 3.05) is 6.54 Å². The zero-order valence-electron chi connectivity index (χ0n) is 12.9. The molecular formula is C16H25N3O. The molecule has 1 atom stereocenters. The highest BCUT2D eigenvalue weighted by atomic mass is 16.3. The van der Waals surface area contributed by atoms with E-state index >= 15 is 0 Å². The van der Waals surface area contributed by atoms with Crippen molar-refractivity contribution in [3.05, 3.63) is 41.1 Å². The fourth-order valence-electron chi connectivity index (χ4n) is 2.56. The molecule has 0 radical (unpaired) electrons. The molecule has 0 aromatic carbocycles. The molecule has 0 amide bonds. The summed E-state index contributed by atoms with van der Waals surface area (Å²) in [6.45, 7) is 10.3. The summed E-state index contributed by atoms with van der Waals surface area (Å²) in [6, 6.07) is 4.41. The molecule has 0 aliphatic carbocycles. The van der Waals surface area contributed by atoms with Crippen LogP contribution in [0.3, 0.4) is 0 Å². The van der Waals surface area contributed by atoms with E-state index in [1.54, 1.807) is 6.26 Å². The lowest BCUT2D eigenvalue weighted by Crippen LogP contribution is -2.25. The highest BCUT2D eigenvalue weighted by molar-refractivity contribution is 5.21. The predicted molar refractivity (Wildman–Crippen MR) is 80.8 cm³/mol. The van der Waals surface area contributed by atoms with Gasteiger partial charge >= 0.3 is 0 Å². The summed E-state index contributed by atoms with van der Waals surface area (Å²) in [6.07, 6.45) is 3.79. The first-order valence-electron chi connectivity index (χ1n) is 7.46. The van der Waals surface area contributed by atoms with E-state index in [0.29, 0.717) is 0 Å². The van der Waals surface area contributed by atoms with Crippen LogP contribution in [0.1, 0.15) is 49.0 Å². The second kappa shape index (κ2) is 6.75. The number of hydrogen-bond acceptors (Lipinski definition) is 3. The van der Waals surface area contributed by atoms with E-state index < -0.39 is 0 Å². The Labute approximate surface area is 121 Å². The Bertz CT molecular complexity index is 542. The Balaban J connectivity index is 2.21. The van der Waals surface area contributed by atoms with Crippen molar-refractivity contribution < 1.29 is 4.42 Å². The van der Waals surface area contributed by atoms with Gasteiger partial charge in [0.05, 0.1) is 18.0 Å². The van der Waals surface area contributed by atoms with Crippen LogP contribution in [0, 0.1) is 13.8 Å². The van der Waals surface area contributed by atoms with Crippen LogP contribution in [-0.4, -0.2) is 16.3 Å². The zero-order chi connectivity index (χ0) is 14.5.